The van der Waals surface area contributed by atoms with E-state index in [2.05, 4.69) is 21.0 Å². The van der Waals surface area contributed by atoms with Crippen LogP contribution in [-0.2, 0) is 32.4 Å². The van der Waals surface area contributed by atoms with Gasteiger partial charge in [-0.3, -0.25) is 9.19 Å². The van der Waals surface area contributed by atoms with Crippen LogP contribution in [0.5, 0.6) is 5.75 Å². The molecule has 4 rings (SSSR count). The van der Waals surface area contributed by atoms with Gasteiger partial charge in [-0.25, -0.2) is 4.98 Å². The third-order valence-corrected chi connectivity index (χ3v) is 6.45. The van der Waals surface area contributed by atoms with Crippen molar-refractivity contribution >= 4 is 16.9 Å². The van der Waals surface area contributed by atoms with E-state index in [0.29, 0.717) is 37.2 Å². The van der Waals surface area contributed by atoms with Crippen LogP contribution in [0.2, 0.25) is 0 Å². The van der Waals surface area contributed by atoms with Gasteiger partial charge in [-0.15, -0.1) is 0 Å². The van der Waals surface area contributed by atoms with E-state index in [1.807, 2.05) is 26.0 Å². The van der Waals surface area contributed by atoms with Gasteiger partial charge >= 0.3 is 0 Å². The Balaban J connectivity index is 1.39. The van der Waals surface area contributed by atoms with Crippen LogP contribution >= 0.6 is 0 Å². The number of rotatable bonds is 7. The first-order valence-electron chi connectivity index (χ1n) is 10.0. The van der Waals surface area contributed by atoms with Gasteiger partial charge in [-0.2, -0.15) is 0 Å². The lowest BCUT2D eigenvalue weighted by molar-refractivity contribution is -0.260. The molecule has 8 heteroatoms. The number of aromatic nitrogens is 3. The molecule has 2 aliphatic rings. The molecule has 0 bridgehead atoms. The van der Waals surface area contributed by atoms with Gasteiger partial charge in [-0.05, 0) is 45.3 Å². The van der Waals surface area contributed by atoms with Crippen LogP contribution in [0.25, 0.3) is 6.08 Å². The number of hydrogen-bond donors (Lipinski definition) is 1. The number of aryl methyl sites for hydroxylation is 1. The molecule has 0 saturated carbocycles. The molecule has 1 aliphatic heterocycles. The van der Waals surface area contributed by atoms with Gasteiger partial charge in [-0.1, -0.05) is 6.08 Å². The lowest BCUT2D eigenvalue weighted by Crippen LogP contribution is -2.38. The van der Waals surface area contributed by atoms with Crippen molar-refractivity contribution in [1.29, 1.82) is 0 Å². The van der Waals surface area contributed by atoms with E-state index in [9.17, 15) is 4.21 Å². The third kappa shape index (κ3) is 4.76. The van der Waals surface area contributed by atoms with Crippen molar-refractivity contribution in [3.05, 3.63) is 41.0 Å². The fourth-order valence-corrected chi connectivity index (χ4v) is 4.59. The lowest BCUT2D eigenvalue weighted by Gasteiger charge is -2.33. The molecular formula is C21H27N3O4S. The molecule has 3 heterocycles. The predicted molar refractivity (Wildman–Crippen MR) is 110 cm³/mol. The van der Waals surface area contributed by atoms with E-state index < -0.39 is 16.6 Å². The average molecular weight is 418 g/mol. The zero-order chi connectivity index (χ0) is 20.3. The minimum absolute atomic E-state index is 0.295. The molecule has 1 fully saturated rings. The summed E-state index contributed by atoms with van der Waals surface area (Å²) in [6.07, 6.45) is 9.22. The summed E-state index contributed by atoms with van der Waals surface area (Å²) < 4.78 is 30.3. The molecule has 29 heavy (non-hydrogen) atoms. The Morgan fingerprint density at radius 3 is 2.97 bits per heavy atom. The summed E-state index contributed by atoms with van der Waals surface area (Å²) in [6, 6.07) is 1.84. The first-order valence-corrected chi connectivity index (χ1v) is 11.3. The minimum Gasteiger partial charge on any atom is -0.493 e. The van der Waals surface area contributed by atoms with E-state index in [4.69, 9.17) is 14.2 Å². The average Bonchev–Trinajstić information content (AvgIpc) is 3.16. The van der Waals surface area contributed by atoms with Crippen molar-refractivity contribution in [2.75, 3.05) is 19.8 Å². The Hall–Kier alpha value is -2.03. The van der Waals surface area contributed by atoms with E-state index in [-0.39, 0.29) is 0 Å². The van der Waals surface area contributed by atoms with Crippen LogP contribution in [0.3, 0.4) is 0 Å². The molecule has 1 aliphatic carbocycles. The minimum atomic E-state index is -1.29. The second-order valence-electron chi connectivity index (χ2n) is 7.50. The topological polar surface area (TPSA) is 86.3 Å². The van der Waals surface area contributed by atoms with Crippen LogP contribution in [0, 0.1) is 6.92 Å². The van der Waals surface area contributed by atoms with Gasteiger partial charge < -0.3 is 19.2 Å². The highest BCUT2D eigenvalue weighted by Crippen LogP contribution is 2.26. The number of H-pyrrole nitrogens is 1. The zero-order valence-corrected chi connectivity index (χ0v) is 17.7. The second kappa shape index (κ2) is 8.77. The Morgan fingerprint density at radius 1 is 1.34 bits per heavy atom. The number of fused-ring (bicyclic) bond motifs is 1. The van der Waals surface area contributed by atoms with Gasteiger partial charge in [0.25, 0.3) is 0 Å². The third-order valence-electron chi connectivity index (χ3n) is 5.29. The van der Waals surface area contributed by atoms with Crippen LogP contribution in [-0.4, -0.2) is 44.8 Å². The van der Waals surface area contributed by atoms with Gasteiger partial charge in [0.2, 0.25) is 0 Å². The monoisotopic (exact) mass is 417 g/mol. The van der Waals surface area contributed by atoms with Gasteiger partial charge in [0.1, 0.15) is 5.75 Å². The maximum atomic E-state index is 12.8. The molecule has 1 saturated heterocycles. The zero-order valence-electron chi connectivity index (χ0n) is 16.9. The number of nitrogens with one attached hydrogen (secondary N) is 1. The predicted octanol–water partition coefficient (Wildman–Crippen LogP) is 3.30. The number of hydrogen-bond acceptors (Lipinski definition) is 6. The summed E-state index contributed by atoms with van der Waals surface area (Å²) >= 11 is 0. The molecule has 156 valence electrons. The first-order chi connectivity index (χ1) is 14.0. The molecule has 0 amide bonds. The Labute approximate surface area is 173 Å². The Kier molecular flexibility index (Phi) is 6.12. The second-order valence-corrected chi connectivity index (χ2v) is 8.87. The normalized spacial score (nSPS) is 19.0. The van der Waals surface area contributed by atoms with Crippen LogP contribution < -0.4 is 4.74 Å². The maximum absolute atomic E-state index is 12.8. The highest BCUT2D eigenvalue weighted by Gasteiger charge is 2.29. The molecule has 0 radical (unpaired) electrons. The molecule has 1 N–H and O–H groups in total. The Morgan fingerprint density at radius 2 is 2.17 bits per heavy atom. The number of imidazole rings is 1. The molecule has 2 aromatic rings. The quantitative estimate of drug-likeness (QED) is 0.744. The molecule has 1 atom stereocenters. The fourth-order valence-electron chi connectivity index (χ4n) is 3.48. The number of ether oxygens (including phenoxy) is 3. The molecule has 0 aromatic carbocycles. The number of allylic oxidation sites excluding steroid dienone is 1. The molecular weight excluding hydrogens is 390 g/mol. The highest BCUT2D eigenvalue weighted by molar-refractivity contribution is 7.84. The Bertz CT molecular complexity index is 919. The smallest absolute Gasteiger partial charge is 0.197 e. The molecule has 7 nitrogen and oxygen atoms in total. The number of nitrogens with zero attached hydrogens (tertiary/aromatic N) is 2. The molecule has 2 aromatic heterocycles. The summed E-state index contributed by atoms with van der Waals surface area (Å²) in [6.45, 7) is 5.79. The SMILES string of the molecule is Cc1c(OCCC2(C)OCCCO2)ccnc1CS(=O)c1nc2c([nH]1)CCC=C2. The van der Waals surface area contributed by atoms with Crippen LogP contribution in [0.1, 0.15) is 48.8 Å². The van der Waals surface area contributed by atoms with Gasteiger partial charge in [0.05, 0.1) is 47.8 Å². The van der Waals surface area contributed by atoms with Crippen molar-refractivity contribution in [2.45, 2.75) is 56.2 Å². The van der Waals surface area contributed by atoms with Crippen molar-refractivity contribution < 1.29 is 18.4 Å². The van der Waals surface area contributed by atoms with E-state index in [1.165, 1.54) is 0 Å². The first kappa shape index (κ1) is 20.3. The van der Waals surface area contributed by atoms with Gasteiger partial charge in [0, 0.05) is 23.9 Å². The summed E-state index contributed by atoms with van der Waals surface area (Å²) in [5.74, 6) is 0.451. The number of aromatic amines is 1. The lowest BCUT2D eigenvalue weighted by atomic mass is 10.1. The summed E-state index contributed by atoms with van der Waals surface area (Å²) in [5.41, 5.74) is 3.59. The fraction of sp³-hybridized carbons (Fsp3) is 0.524. The van der Waals surface area contributed by atoms with E-state index in [1.54, 1.807) is 6.20 Å². The standard InChI is InChI=1S/C21H27N3O4S/c1-15-18(14-29(25)20-23-16-6-3-4-7-17(16)24-20)22-10-8-19(15)26-13-9-21(2)27-11-5-12-28-21/h3,6,8,10H,4-5,7,9,11-14H2,1-2H3,(H,23,24). The number of pyridine rings is 1. The van der Waals surface area contributed by atoms with Crippen molar-refractivity contribution in [2.24, 2.45) is 0 Å². The summed E-state index contributed by atoms with van der Waals surface area (Å²) in [5, 5.41) is 0.508. The molecule has 0 spiro atoms. The van der Waals surface area contributed by atoms with Gasteiger partial charge in [0.15, 0.2) is 10.9 Å². The summed E-state index contributed by atoms with van der Waals surface area (Å²) in [4.78, 5) is 12.1. The van der Waals surface area contributed by atoms with Crippen molar-refractivity contribution in [1.82, 2.24) is 15.0 Å². The van der Waals surface area contributed by atoms with E-state index in [0.717, 1.165) is 47.7 Å². The maximum Gasteiger partial charge on any atom is 0.197 e. The van der Waals surface area contributed by atoms with Crippen LogP contribution in [0.15, 0.2) is 23.5 Å². The van der Waals surface area contributed by atoms with Crippen LogP contribution in [0.4, 0.5) is 0 Å². The van der Waals surface area contributed by atoms with E-state index >= 15 is 0 Å². The highest BCUT2D eigenvalue weighted by atomic mass is 32.2. The van der Waals surface area contributed by atoms with Crippen molar-refractivity contribution in [3.8, 4) is 5.75 Å². The summed E-state index contributed by atoms with van der Waals surface area (Å²) in [7, 11) is -1.29. The van der Waals surface area contributed by atoms with Crippen molar-refractivity contribution in [3.63, 3.8) is 0 Å². The largest absolute Gasteiger partial charge is 0.493 e. The molecule has 1 unspecified atom stereocenters.